The number of aromatic nitrogens is 5. The average molecular weight is 768 g/mol. The first-order valence-corrected chi connectivity index (χ1v) is 20.1. The predicted molar refractivity (Wildman–Crippen MR) is 244 cm³/mol. The predicted octanol–water partition coefficient (Wildman–Crippen LogP) is 13.8. The van der Waals surface area contributed by atoms with Crippen molar-refractivity contribution in [1.82, 2.24) is 24.5 Å². The Bertz CT molecular complexity index is 3520. The van der Waals surface area contributed by atoms with Crippen LogP contribution in [0.4, 0.5) is 0 Å². The van der Waals surface area contributed by atoms with Gasteiger partial charge in [-0.05, 0) is 65.7 Å². The molecule has 0 unspecified atom stereocenters. The van der Waals surface area contributed by atoms with E-state index in [4.69, 9.17) is 24.4 Å². The number of fused-ring (bicyclic) bond motifs is 8. The normalized spacial score (nSPS) is 11.7. The van der Waals surface area contributed by atoms with Crippen LogP contribution in [0.1, 0.15) is 0 Å². The van der Waals surface area contributed by atoms with Crippen LogP contribution < -0.4 is 0 Å². The van der Waals surface area contributed by atoms with Gasteiger partial charge in [-0.3, -0.25) is 0 Å². The van der Waals surface area contributed by atoms with Crippen molar-refractivity contribution in [2.24, 2.45) is 0 Å². The molecule has 0 radical (unpaired) electrons. The first kappa shape index (κ1) is 33.9. The molecule has 0 aliphatic carbocycles. The van der Waals surface area contributed by atoms with Crippen LogP contribution in [0.3, 0.4) is 0 Å². The molecular formula is C54H33N5O. The highest BCUT2D eigenvalue weighted by Crippen LogP contribution is 2.41. The maximum Gasteiger partial charge on any atom is 0.164 e. The van der Waals surface area contributed by atoms with Crippen LogP contribution in [0.25, 0.3) is 117 Å². The molecule has 0 amide bonds. The summed E-state index contributed by atoms with van der Waals surface area (Å²) in [5, 5.41) is 5.66. The molecule has 4 heterocycles. The molecule has 0 aliphatic heterocycles. The minimum atomic E-state index is 0.611. The van der Waals surface area contributed by atoms with Crippen molar-refractivity contribution in [1.29, 1.82) is 0 Å². The number of rotatable bonds is 6. The highest BCUT2D eigenvalue weighted by molar-refractivity contribution is 6.21. The second-order valence-corrected chi connectivity index (χ2v) is 15.0. The monoisotopic (exact) mass is 767 g/mol. The lowest BCUT2D eigenvalue weighted by Gasteiger charge is -2.11. The molecule has 0 bridgehead atoms. The number of furan rings is 1. The van der Waals surface area contributed by atoms with E-state index in [1.807, 2.05) is 60.7 Å². The third-order valence-corrected chi connectivity index (χ3v) is 11.5. The van der Waals surface area contributed by atoms with E-state index in [0.29, 0.717) is 17.5 Å². The van der Waals surface area contributed by atoms with Crippen LogP contribution in [0.5, 0.6) is 0 Å². The van der Waals surface area contributed by atoms with Gasteiger partial charge in [0.1, 0.15) is 11.3 Å². The molecule has 0 atom stereocenters. The van der Waals surface area contributed by atoms with Gasteiger partial charge in [0.2, 0.25) is 0 Å². The second-order valence-electron chi connectivity index (χ2n) is 15.0. The van der Waals surface area contributed by atoms with Gasteiger partial charge in [-0.25, -0.2) is 19.9 Å². The molecule has 0 saturated carbocycles. The van der Waals surface area contributed by atoms with Crippen LogP contribution >= 0.6 is 0 Å². The molecular weight excluding hydrogens is 735 g/mol. The number of benzene rings is 8. The molecule has 6 heteroatoms. The van der Waals surface area contributed by atoms with E-state index in [1.54, 1.807) is 0 Å². The van der Waals surface area contributed by atoms with Crippen molar-refractivity contribution in [2.45, 2.75) is 0 Å². The second kappa shape index (κ2) is 13.7. The lowest BCUT2D eigenvalue weighted by atomic mass is 9.98. The van der Waals surface area contributed by atoms with E-state index in [1.165, 1.54) is 21.8 Å². The zero-order valence-electron chi connectivity index (χ0n) is 32.2. The maximum absolute atomic E-state index is 6.51. The average Bonchev–Trinajstić information content (AvgIpc) is 3.89. The van der Waals surface area contributed by atoms with Gasteiger partial charge in [0, 0.05) is 54.9 Å². The molecule has 60 heavy (non-hydrogen) atoms. The smallest absolute Gasteiger partial charge is 0.164 e. The van der Waals surface area contributed by atoms with Gasteiger partial charge in [0.05, 0.1) is 16.6 Å². The van der Waals surface area contributed by atoms with Gasteiger partial charge in [0.25, 0.3) is 0 Å². The highest BCUT2D eigenvalue weighted by atomic mass is 16.3. The van der Waals surface area contributed by atoms with Crippen molar-refractivity contribution in [3.8, 4) is 62.2 Å². The molecule has 6 nitrogen and oxygen atoms in total. The van der Waals surface area contributed by atoms with E-state index in [2.05, 4.69) is 144 Å². The molecule has 0 saturated heterocycles. The summed E-state index contributed by atoms with van der Waals surface area (Å²) in [6.45, 7) is 0. The summed E-state index contributed by atoms with van der Waals surface area (Å²) in [7, 11) is 0. The summed E-state index contributed by atoms with van der Waals surface area (Å²) >= 11 is 0. The lowest BCUT2D eigenvalue weighted by molar-refractivity contribution is 0.669. The van der Waals surface area contributed by atoms with Crippen molar-refractivity contribution < 1.29 is 4.42 Å². The Balaban J connectivity index is 0.935. The Hall–Kier alpha value is -8.22. The zero-order chi connectivity index (χ0) is 39.6. The standard InChI is InChI=1S/C54H33N5O/c1-3-13-35(14-4-1)50-51-49(43-19-9-12-22-48(43)60-51)44-33-39(29-32-45(44)55-50)34-23-25-37(26-24-34)53-56-52(36-15-5-2-6-16-36)57-54(58-53)38-27-30-40(31-28-38)59-46-20-10-7-17-41(46)42-18-8-11-21-47(42)59/h1-33H. The van der Waals surface area contributed by atoms with Gasteiger partial charge in [-0.1, -0.05) is 146 Å². The number of hydrogen-bond acceptors (Lipinski definition) is 5. The largest absolute Gasteiger partial charge is 0.454 e. The summed E-state index contributed by atoms with van der Waals surface area (Å²) in [6, 6.07) is 69.2. The van der Waals surface area contributed by atoms with Crippen LogP contribution in [0.2, 0.25) is 0 Å². The summed E-state index contributed by atoms with van der Waals surface area (Å²) in [5.74, 6) is 1.85. The molecule has 280 valence electrons. The van der Waals surface area contributed by atoms with E-state index < -0.39 is 0 Å². The third kappa shape index (κ3) is 5.57. The fraction of sp³-hybridized carbons (Fsp3) is 0. The van der Waals surface area contributed by atoms with Crippen molar-refractivity contribution in [3.05, 3.63) is 200 Å². The molecule has 0 aliphatic rings. The topological polar surface area (TPSA) is 69.6 Å². The maximum atomic E-state index is 6.51. The van der Waals surface area contributed by atoms with Gasteiger partial charge in [-0.2, -0.15) is 0 Å². The van der Waals surface area contributed by atoms with E-state index in [-0.39, 0.29) is 0 Å². The van der Waals surface area contributed by atoms with Gasteiger partial charge in [-0.15, -0.1) is 0 Å². The highest BCUT2D eigenvalue weighted by Gasteiger charge is 2.19. The Morgan fingerprint density at radius 1 is 0.350 bits per heavy atom. The molecule has 12 aromatic rings. The molecule has 12 rings (SSSR count). The lowest BCUT2D eigenvalue weighted by Crippen LogP contribution is -2.00. The van der Waals surface area contributed by atoms with Crippen LogP contribution in [0, 0.1) is 0 Å². The third-order valence-electron chi connectivity index (χ3n) is 11.5. The fourth-order valence-electron chi connectivity index (χ4n) is 8.58. The Kier molecular flexibility index (Phi) is 7.74. The molecule has 0 fully saturated rings. The van der Waals surface area contributed by atoms with Crippen LogP contribution in [-0.4, -0.2) is 24.5 Å². The Morgan fingerprint density at radius 2 is 0.833 bits per heavy atom. The first-order valence-electron chi connectivity index (χ1n) is 20.1. The number of para-hydroxylation sites is 3. The SMILES string of the molecule is c1ccc(-c2nc(-c3ccc(-c4ccc5nc(-c6ccccc6)c6oc7ccccc7c6c5c4)cc3)nc(-c3ccc(-n4c5ccccc5c5ccccc54)cc3)n2)cc1. The molecule has 0 N–H and O–H groups in total. The Morgan fingerprint density at radius 3 is 1.47 bits per heavy atom. The number of hydrogen-bond donors (Lipinski definition) is 0. The molecule has 0 spiro atoms. The fourth-order valence-corrected chi connectivity index (χ4v) is 8.58. The van der Waals surface area contributed by atoms with Crippen molar-refractivity contribution >= 4 is 54.6 Å². The quantitative estimate of drug-likeness (QED) is 0.168. The molecule has 8 aromatic carbocycles. The number of pyridine rings is 1. The zero-order valence-corrected chi connectivity index (χ0v) is 32.2. The van der Waals surface area contributed by atoms with Crippen LogP contribution in [0.15, 0.2) is 205 Å². The molecule has 4 aromatic heterocycles. The van der Waals surface area contributed by atoms with Gasteiger partial charge in [0.15, 0.2) is 23.1 Å². The van der Waals surface area contributed by atoms with E-state index in [0.717, 1.165) is 77.6 Å². The van der Waals surface area contributed by atoms with Gasteiger partial charge < -0.3 is 8.98 Å². The minimum Gasteiger partial charge on any atom is -0.454 e. The van der Waals surface area contributed by atoms with Crippen LogP contribution in [-0.2, 0) is 0 Å². The summed E-state index contributed by atoms with van der Waals surface area (Å²) in [6.07, 6.45) is 0. The van der Waals surface area contributed by atoms with Gasteiger partial charge >= 0.3 is 0 Å². The number of nitrogens with zero attached hydrogens (tertiary/aromatic N) is 5. The van der Waals surface area contributed by atoms with E-state index >= 15 is 0 Å². The summed E-state index contributed by atoms with van der Waals surface area (Å²) in [4.78, 5) is 20.3. The van der Waals surface area contributed by atoms with E-state index in [9.17, 15) is 0 Å². The summed E-state index contributed by atoms with van der Waals surface area (Å²) in [5.41, 5.74) is 12.8. The van der Waals surface area contributed by atoms with Crippen molar-refractivity contribution in [2.75, 3.05) is 0 Å². The minimum absolute atomic E-state index is 0.611. The Labute approximate surface area is 344 Å². The first-order chi connectivity index (χ1) is 29.7. The summed E-state index contributed by atoms with van der Waals surface area (Å²) < 4.78 is 8.83. The van der Waals surface area contributed by atoms with Crippen molar-refractivity contribution in [3.63, 3.8) is 0 Å².